The van der Waals surface area contributed by atoms with Gasteiger partial charge in [-0.2, -0.15) is 5.26 Å². The Hall–Kier alpha value is -2.68. The topological polar surface area (TPSA) is 99.5 Å². The Kier molecular flexibility index (Phi) is 8.26. The highest BCUT2D eigenvalue weighted by atomic mass is 16.2. The van der Waals surface area contributed by atoms with Crippen LogP contribution < -0.4 is 5.73 Å². The van der Waals surface area contributed by atoms with E-state index in [-0.39, 0.29) is 11.7 Å². The molecule has 2 saturated carbocycles. The summed E-state index contributed by atoms with van der Waals surface area (Å²) in [6.45, 7) is 0. The summed E-state index contributed by atoms with van der Waals surface area (Å²) >= 11 is 0. The van der Waals surface area contributed by atoms with Gasteiger partial charge in [-0.3, -0.25) is 14.5 Å². The number of nitriles is 1. The SMILES string of the molecule is CN1C(=O)[C@@](CCC2CCCCC2)(C[C@H]2CCC[C@@H](CC(=O)Cc3ccc(C#N)cc3)C2)N=C1N. The summed E-state index contributed by atoms with van der Waals surface area (Å²) in [6.07, 6.45) is 14.3. The summed E-state index contributed by atoms with van der Waals surface area (Å²) in [4.78, 5) is 32.5. The van der Waals surface area contributed by atoms with Crippen molar-refractivity contribution in [1.82, 2.24) is 4.90 Å². The molecule has 3 atom stereocenters. The van der Waals surface area contributed by atoms with Crippen LogP contribution in [0.4, 0.5) is 0 Å². The molecule has 4 rings (SSSR count). The van der Waals surface area contributed by atoms with Gasteiger partial charge in [0.2, 0.25) is 0 Å². The summed E-state index contributed by atoms with van der Waals surface area (Å²) in [5.74, 6) is 2.13. The molecule has 1 aliphatic heterocycles. The third-order valence-corrected chi connectivity index (χ3v) is 8.58. The second kappa shape index (κ2) is 11.4. The first-order valence-electron chi connectivity index (χ1n) is 13.5. The van der Waals surface area contributed by atoms with Crippen LogP contribution in [-0.2, 0) is 16.0 Å². The van der Waals surface area contributed by atoms with E-state index >= 15 is 0 Å². The number of likely N-dealkylation sites (N-methyl/N-ethyl adjacent to an activating group) is 1. The predicted molar refractivity (Wildman–Crippen MR) is 137 cm³/mol. The van der Waals surface area contributed by atoms with Crippen molar-refractivity contribution >= 4 is 17.6 Å². The zero-order valence-electron chi connectivity index (χ0n) is 21.2. The molecule has 0 spiro atoms. The van der Waals surface area contributed by atoms with Crippen LogP contribution in [-0.4, -0.2) is 35.1 Å². The van der Waals surface area contributed by atoms with E-state index in [1.165, 1.54) is 32.1 Å². The zero-order valence-corrected chi connectivity index (χ0v) is 21.2. The van der Waals surface area contributed by atoms with Crippen LogP contribution in [0.2, 0.25) is 0 Å². The van der Waals surface area contributed by atoms with Gasteiger partial charge in [-0.25, -0.2) is 4.99 Å². The molecule has 0 saturated heterocycles. The first kappa shape index (κ1) is 25.4. The summed E-state index contributed by atoms with van der Waals surface area (Å²) in [5, 5.41) is 8.96. The standard InChI is InChI=1S/C29H40N4O2/c1-33-27(35)29(32-28(33)31,15-14-21-6-3-2-4-7-21)19-25-9-5-8-24(16-25)18-26(34)17-22-10-12-23(20-30)13-11-22/h10-13,21,24-25H,2-9,14-19H2,1H3,(H2,31,32)/t24-,25+,29-/m1/s1. The van der Waals surface area contributed by atoms with Gasteiger partial charge in [0.1, 0.15) is 11.3 Å². The van der Waals surface area contributed by atoms with E-state index < -0.39 is 5.54 Å². The number of hydrogen-bond acceptors (Lipinski definition) is 5. The van der Waals surface area contributed by atoms with Gasteiger partial charge in [0, 0.05) is 19.9 Å². The Morgan fingerprint density at radius 1 is 1.09 bits per heavy atom. The van der Waals surface area contributed by atoms with E-state index in [1.807, 2.05) is 12.1 Å². The summed E-state index contributed by atoms with van der Waals surface area (Å²) in [7, 11) is 1.75. The quantitative estimate of drug-likeness (QED) is 0.533. The normalized spacial score (nSPS) is 27.5. The maximum absolute atomic E-state index is 13.3. The van der Waals surface area contributed by atoms with Gasteiger partial charge in [0.25, 0.3) is 5.91 Å². The van der Waals surface area contributed by atoms with Gasteiger partial charge >= 0.3 is 0 Å². The third-order valence-electron chi connectivity index (χ3n) is 8.58. The molecule has 188 valence electrons. The molecule has 35 heavy (non-hydrogen) atoms. The largest absolute Gasteiger partial charge is 0.369 e. The molecule has 2 N–H and O–H groups in total. The van der Waals surface area contributed by atoms with Crippen molar-refractivity contribution in [2.75, 3.05) is 7.05 Å². The average molecular weight is 477 g/mol. The second-order valence-corrected chi connectivity index (χ2v) is 11.2. The molecule has 3 aliphatic rings. The summed E-state index contributed by atoms with van der Waals surface area (Å²) in [5.41, 5.74) is 7.00. The Labute approximate surface area is 210 Å². The van der Waals surface area contributed by atoms with Crippen LogP contribution in [0.3, 0.4) is 0 Å². The monoisotopic (exact) mass is 476 g/mol. The molecule has 0 radical (unpaired) electrons. The van der Waals surface area contributed by atoms with Crippen LogP contribution in [0.15, 0.2) is 29.3 Å². The Morgan fingerprint density at radius 3 is 2.43 bits per heavy atom. The van der Waals surface area contributed by atoms with Gasteiger partial charge < -0.3 is 5.73 Å². The van der Waals surface area contributed by atoms with Gasteiger partial charge in [-0.1, -0.05) is 63.5 Å². The van der Waals surface area contributed by atoms with Crippen LogP contribution >= 0.6 is 0 Å². The molecule has 2 fully saturated rings. The van der Waals surface area contributed by atoms with Crippen molar-refractivity contribution in [3.05, 3.63) is 35.4 Å². The van der Waals surface area contributed by atoms with Gasteiger partial charge in [0.05, 0.1) is 11.6 Å². The maximum atomic E-state index is 13.3. The molecule has 1 aromatic carbocycles. The number of hydrogen-bond donors (Lipinski definition) is 1. The molecular formula is C29H40N4O2. The van der Waals surface area contributed by atoms with Crippen LogP contribution in [0.1, 0.15) is 94.6 Å². The van der Waals surface area contributed by atoms with Crippen LogP contribution in [0, 0.1) is 29.1 Å². The van der Waals surface area contributed by atoms with Gasteiger partial charge in [-0.05, 0) is 61.1 Å². The minimum atomic E-state index is -0.713. The fourth-order valence-electron chi connectivity index (χ4n) is 6.64. The van der Waals surface area contributed by atoms with E-state index in [0.717, 1.165) is 50.5 Å². The first-order chi connectivity index (χ1) is 16.9. The van der Waals surface area contributed by atoms with Gasteiger partial charge in [0.15, 0.2) is 5.96 Å². The van der Waals surface area contributed by atoms with Crippen molar-refractivity contribution in [3.8, 4) is 6.07 Å². The smallest absolute Gasteiger partial charge is 0.257 e. The Morgan fingerprint density at radius 2 is 1.77 bits per heavy atom. The van der Waals surface area contributed by atoms with Gasteiger partial charge in [-0.15, -0.1) is 0 Å². The number of aliphatic imine (C=N–C) groups is 1. The molecule has 1 aromatic rings. The summed E-state index contributed by atoms with van der Waals surface area (Å²) in [6, 6.07) is 9.41. The highest BCUT2D eigenvalue weighted by Crippen LogP contribution is 2.42. The molecule has 6 heteroatoms. The zero-order chi connectivity index (χ0) is 24.8. The highest BCUT2D eigenvalue weighted by molar-refractivity contribution is 6.06. The number of ketones is 1. The van der Waals surface area contributed by atoms with E-state index in [9.17, 15) is 9.59 Å². The number of Topliss-reactive ketones (excluding diaryl/α,β-unsaturated/α-hetero) is 1. The van der Waals surface area contributed by atoms with Crippen molar-refractivity contribution in [2.45, 2.75) is 95.4 Å². The van der Waals surface area contributed by atoms with Crippen LogP contribution in [0.5, 0.6) is 0 Å². The minimum Gasteiger partial charge on any atom is -0.369 e. The number of carbonyl (C=O) groups excluding carboxylic acids is 2. The fraction of sp³-hybridized carbons (Fsp3) is 0.655. The molecule has 1 amide bonds. The lowest BCUT2D eigenvalue weighted by Crippen LogP contribution is -2.44. The maximum Gasteiger partial charge on any atom is 0.257 e. The lowest BCUT2D eigenvalue weighted by Gasteiger charge is -2.35. The van der Waals surface area contributed by atoms with Crippen molar-refractivity contribution in [2.24, 2.45) is 28.5 Å². The highest BCUT2D eigenvalue weighted by Gasteiger charge is 2.48. The number of carbonyl (C=O) groups is 2. The van der Waals surface area contributed by atoms with E-state index in [1.54, 1.807) is 24.1 Å². The summed E-state index contributed by atoms with van der Waals surface area (Å²) < 4.78 is 0. The first-order valence-corrected chi connectivity index (χ1v) is 13.5. The van der Waals surface area contributed by atoms with Crippen molar-refractivity contribution < 1.29 is 9.59 Å². The van der Waals surface area contributed by atoms with Crippen molar-refractivity contribution in [1.29, 1.82) is 5.26 Å². The molecule has 1 heterocycles. The molecule has 0 unspecified atom stereocenters. The number of rotatable bonds is 9. The van der Waals surface area contributed by atoms with Crippen molar-refractivity contribution in [3.63, 3.8) is 0 Å². The molecule has 2 aliphatic carbocycles. The third kappa shape index (κ3) is 6.31. The second-order valence-electron chi connectivity index (χ2n) is 11.2. The molecular weight excluding hydrogens is 436 g/mol. The lowest BCUT2D eigenvalue weighted by molar-refractivity contribution is -0.131. The van der Waals surface area contributed by atoms with Crippen LogP contribution in [0.25, 0.3) is 0 Å². The number of amides is 1. The van der Waals surface area contributed by atoms with E-state index in [2.05, 4.69) is 6.07 Å². The number of guanidine groups is 1. The Bertz CT molecular complexity index is 973. The molecule has 0 bridgehead atoms. The average Bonchev–Trinajstić information content (AvgIpc) is 3.07. The number of benzene rings is 1. The molecule has 0 aromatic heterocycles. The lowest BCUT2D eigenvalue weighted by atomic mass is 9.71. The molecule has 6 nitrogen and oxygen atoms in total. The minimum absolute atomic E-state index is 0.0600. The van der Waals surface area contributed by atoms with E-state index in [0.29, 0.717) is 42.1 Å². The number of nitrogens with two attached hydrogens (primary N) is 1. The predicted octanol–water partition coefficient (Wildman–Crippen LogP) is 5.14. The Balaban J connectivity index is 1.36. The number of nitrogens with zero attached hydrogens (tertiary/aromatic N) is 3. The fourth-order valence-corrected chi connectivity index (χ4v) is 6.64. The van der Waals surface area contributed by atoms with E-state index in [4.69, 9.17) is 16.0 Å².